The Morgan fingerprint density at radius 3 is 2.42 bits per heavy atom. The van der Waals surface area contributed by atoms with Crippen molar-refractivity contribution in [3.63, 3.8) is 0 Å². The van der Waals surface area contributed by atoms with Crippen LogP contribution in [0.25, 0.3) is 0 Å². The number of ether oxygens (including phenoxy) is 1. The molecule has 0 fully saturated rings. The number of hydrogen-bond acceptors (Lipinski definition) is 2. The molecule has 2 N–H and O–H groups in total. The van der Waals surface area contributed by atoms with Crippen molar-refractivity contribution < 1.29 is 4.74 Å². The van der Waals surface area contributed by atoms with E-state index in [1.807, 2.05) is 50.2 Å². The summed E-state index contributed by atoms with van der Waals surface area (Å²) < 4.78 is 5.70. The number of hydrogen-bond donors (Lipinski definition) is 1. The van der Waals surface area contributed by atoms with Gasteiger partial charge in [-0.1, -0.05) is 42.5 Å². The average Bonchev–Trinajstić information content (AvgIpc) is 2.39. The molecule has 2 rings (SSSR count). The molecule has 0 amide bonds. The molecule has 2 aromatic carbocycles. The van der Waals surface area contributed by atoms with E-state index in [0.717, 1.165) is 17.7 Å². The zero-order chi connectivity index (χ0) is 13.7. The maximum Gasteiger partial charge on any atom is 0.120 e. The van der Waals surface area contributed by atoms with E-state index in [1.54, 1.807) is 0 Å². The van der Waals surface area contributed by atoms with E-state index < -0.39 is 0 Å². The quantitative estimate of drug-likeness (QED) is 0.883. The minimum Gasteiger partial charge on any atom is -0.491 e. The summed E-state index contributed by atoms with van der Waals surface area (Å²) in [6.07, 6.45) is 1.02. The maximum absolute atomic E-state index is 6.27. The first-order valence-corrected chi connectivity index (χ1v) is 6.71. The fourth-order valence-corrected chi connectivity index (χ4v) is 2.08. The molecule has 0 spiro atoms. The number of nitrogens with two attached hydrogens (primary N) is 1. The van der Waals surface area contributed by atoms with E-state index in [9.17, 15) is 0 Å². The third-order valence-corrected chi connectivity index (χ3v) is 2.96. The summed E-state index contributed by atoms with van der Waals surface area (Å²) in [6.45, 7) is 4.05. The van der Waals surface area contributed by atoms with Crippen LogP contribution in [0.4, 0.5) is 0 Å². The zero-order valence-electron chi connectivity index (χ0n) is 11.5. The lowest BCUT2D eigenvalue weighted by Gasteiger charge is -2.15. The Morgan fingerprint density at radius 1 is 1.00 bits per heavy atom. The molecule has 2 nitrogen and oxygen atoms in total. The monoisotopic (exact) mass is 255 g/mol. The van der Waals surface area contributed by atoms with Gasteiger partial charge in [0.1, 0.15) is 5.75 Å². The predicted octanol–water partition coefficient (Wildman–Crippen LogP) is 3.72. The Balaban J connectivity index is 2.08. The van der Waals surface area contributed by atoms with Crippen molar-refractivity contribution in [2.45, 2.75) is 32.4 Å². The smallest absolute Gasteiger partial charge is 0.120 e. The van der Waals surface area contributed by atoms with E-state index in [4.69, 9.17) is 10.5 Å². The lowest BCUT2D eigenvalue weighted by atomic mass is 9.99. The molecular weight excluding hydrogens is 234 g/mol. The van der Waals surface area contributed by atoms with E-state index in [0.29, 0.717) is 0 Å². The highest BCUT2D eigenvalue weighted by molar-refractivity contribution is 5.31. The second-order valence-corrected chi connectivity index (χ2v) is 5.04. The van der Waals surface area contributed by atoms with Crippen LogP contribution in [0.2, 0.25) is 0 Å². The van der Waals surface area contributed by atoms with Crippen molar-refractivity contribution in [1.29, 1.82) is 0 Å². The summed E-state index contributed by atoms with van der Waals surface area (Å²) in [5, 5.41) is 0. The molecule has 2 aromatic rings. The van der Waals surface area contributed by atoms with Crippen molar-refractivity contribution in [2.75, 3.05) is 0 Å². The van der Waals surface area contributed by atoms with Gasteiger partial charge in [0, 0.05) is 6.04 Å². The van der Waals surface area contributed by atoms with Crippen molar-refractivity contribution in [2.24, 2.45) is 5.73 Å². The first-order chi connectivity index (χ1) is 9.15. The molecule has 0 heterocycles. The topological polar surface area (TPSA) is 35.2 Å². The van der Waals surface area contributed by atoms with Crippen molar-refractivity contribution in [1.82, 2.24) is 0 Å². The second-order valence-electron chi connectivity index (χ2n) is 5.04. The molecule has 19 heavy (non-hydrogen) atoms. The average molecular weight is 255 g/mol. The second kappa shape index (κ2) is 6.39. The van der Waals surface area contributed by atoms with Gasteiger partial charge in [-0.3, -0.25) is 0 Å². The molecule has 0 bridgehead atoms. The normalized spacial score (nSPS) is 12.4. The molecule has 0 aliphatic heterocycles. The molecule has 1 atom stereocenters. The number of benzene rings is 2. The van der Waals surface area contributed by atoms with Gasteiger partial charge in [-0.15, -0.1) is 0 Å². The highest BCUT2D eigenvalue weighted by Gasteiger charge is 2.08. The van der Waals surface area contributed by atoms with Crippen LogP contribution in [0.3, 0.4) is 0 Å². The van der Waals surface area contributed by atoms with Crippen LogP contribution in [-0.4, -0.2) is 6.10 Å². The van der Waals surface area contributed by atoms with Gasteiger partial charge in [0.15, 0.2) is 0 Å². The molecule has 1 unspecified atom stereocenters. The van der Waals surface area contributed by atoms with Gasteiger partial charge in [0.25, 0.3) is 0 Å². The van der Waals surface area contributed by atoms with Gasteiger partial charge in [-0.05, 0) is 43.5 Å². The molecule has 100 valence electrons. The van der Waals surface area contributed by atoms with Crippen LogP contribution in [-0.2, 0) is 6.42 Å². The summed E-state index contributed by atoms with van der Waals surface area (Å²) in [5.41, 5.74) is 8.64. The zero-order valence-corrected chi connectivity index (χ0v) is 11.5. The van der Waals surface area contributed by atoms with E-state index in [1.165, 1.54) is 5.56 Å². The lowest BCUT2D eigenvalue weighted by molar-refractivity contribution is 0.242. The van der Waals surface area contributed by atoms with Crippen LogP contribution in [0.5, 0.6) is 5.75 Å². The highest BCUT2D eigenvalue weighted by atomic mass is 16.5. The summed E-state index contributed by atoms with van der Waals surface area (Å²) >= 11 is 0. The van der Waals surface area contributed by atoms with E-state index in [2.05, 4.69) is 18.2 Å². The van der Waals surface area contributed by atoms with Gasteiger partial charge in [-0.25, -0.2) is 0 Å². The SMILES string of the molecule is CC(C)Oc1cccc(C(N)Cc2ccccc2)c1. The van der Waals surface area contributed by atoms with E-state index in [-0.39, 0.29) is 12.1 Å². The molecule has 0 radical (unpaired) electrons. The largest absolute Gasteiger partial charge is 0.491 e. The van der Waals surface area contributed by atoms with Gasteiger partial charge >= 0.3 is 0 Å². The van der Waals surface area contributed by atoms with Crippen LogP contribution < -0.4 is 10.5 Å². The van der Waals surface area contributed by atoms with Crippen molar-refractivity contribution >= 4 is 0 Å². The molecule has 2 heteroatoms. The maximum atomic E-state index is 6.27. The summed E-state index contributed by atoms with van der Waals surface area (Å²) in [7, 11) is 0. The first kappa shape index (κ1) is 13.6. The van der Waals surface area contributed by atoms with Crippen LogP contribution in [0.15, 0.2) is 54.6 Å². The lowest BCUT2D eigenvalue weighted by Crippen LogP contribution is -2.14. The number of rotatable bonds is 5. The third kappa shape index (κ3) is 4.11. The van der Waals surface area contributed by atoms with Crippen LogP contribution in [0, 0.1) is 0 Å². The standard InChI is InChI=1S/C17H21NO/c1-13(2)19-16-10-6-9-15(12-16)17(18)11-14-7-4-3-5-8-14/h3-10,12-13,17H,11,18H2,1-2H3. The fraction of sp³-hybridized carbons (Fsp3) is 0.294. The minimum atomic E-state index is -0.00175. The Bertz CT molecular complexity index is 508. The van der Waals surface area contributed by atoms with Crippen molar-refractivity contribution in [3.05, 3.63) is 65.7 Å². The van der Waals surface area contributed by atoms with E-state index >= 15 is 0 Å². The minimum absolute atomic E-state index is 0.00175. The summed E-state index contributed by atoms with van der Waals surface area (Å²) in [6, 6.07) is 18.4. The van der Waals surface area contributed by atoms with Crippen LogP contribution in [0.1, 0.15) is 31.0 Å². The Morgan fingerprint density at radius 2 is 1.74 bits per heavy atom. The van der Waals surface area contributed by atoms with Gasteiger partial charge in [0.05, 0.1) is 6.10 Å². The highest BCUT2D eigenvalue weighted by Crippen LogP contribution is 2.21. The fourth-order valence-electron chi connectivity index (χ4n) is 2.08. The van der Waals surface area contributed by atoms with Crippen LogP contribution >= 0.6 is 0 Å². The molecule has 0 aliphatic carbocycles. The predicted molar refractivity (Wildman–Crippen MR) is 79.3 cm³/mol. The van der Waals surface area contributed by atoms with Gasteiger partial charge in [-0.2, -0.15) is 0 Å². The Labute approximate surface area is 115 Å². The molecular formula is C17H21NO. The summed E-state index contributed by atoms with van der Waals surface area (Å²) in [4.78, 5) is 0. The molecule has 0 aliphatic rings. The summed E-state index contributed by atoms with van der Waals surface area (Å²) in [5.74, 6) is 0.885. The molecule has 0 aromatic heterocycles. The van der Waals surface area contributed by atoms with Gasteiger partial charge in [0.2, 0.25) is 0 Å². The Kier molecular flexibility index (Phi) is 4.58. The molecule has 0 saturated carbocycles. The Hall–Kier alpha value is -1.80. The third-order valence-electron chi connectivity index (χ3n) is 2.96. The van der Waals surface area contributed by atoms with Gasteiger partial charge < -0.3 is 10.5 Å². The van der Waals surface area contributed by atoms with Crippen molar-refractivity contribution in [3.8, 4) is 5.75 Å². The first-order valence-electron chi connectivity index (χ1n) is 6.71. The molecule has 0 saturated heterocycles.